The van der Waals surface area contributed by atoms with E-state index >= 15 is 0 Å². The number of carbonyl (C=O) groups excluding carboxylic acids is 1. The van der Waals surface area contributed by atoms with Crippen molar-refractivity contribution in [2.45, 2.75) is 26.4 Å². The molecular weight excluding hydrogens is 240 g/mol. The molecule has 0 saturated carbocycles. The van der Waals surface area contributed by atoms with E-state index in [9.17, 15) is 9.59 Å². The molecule has 8 nitrogen and oxygen atoms in total. The van der Waals surface area contributed by atoms with Crippen LogP contribution in [0.25, 0.3) is 0 Å². The molecule has 1 aromatic heterocycles. The molecule has 0 amide bonds. The van der Waals surface area contributed by atoms with Gasteiger partial charge in [-0.15, -0.1) is 5.10 Å². The van der Waals surface area contributed by atoms with Gasteiger partial charge in [0, 0.05) is 6.54 Å². The van der Waals surface area contributed by atoms with E-state index in [2.05, 4.69) is 15.6 Å². The van der Waals surface area contributed by atoms with Gasteiger partial charge in [-0.2, -0.15) is 0 Å². The monoisotopic (exact) mass is 256 g/mol. The molecule has 0 saturated heterocycles. The molecular formula is C10H16N4O4. The van der Waals surface area contributed by atoms with Crippen molar-refractivity contribution in [2.24, 2.45) is 0 Å². The summed E-state index contributed by atoms with van der Waals surface area (Å²) in [5.41, 5.74) is -0.103. The lowest BCUT2D eigenvalue weighted by Crippen LogP contribution is -2.37. The number of carboxylic acids is 1. The summed E-state index contributed by atoms with van der Waals surface area (Å²) in [6.07, 6.45) is 1.33. The molecule has 2 N–H and O–H groups in total. The van der Waals surface area contributed by atoms with Gasteiger partial charge in [0.1, 0.15) is 6.04 Å². The van der Waals surface area contributed by atoms with Gasteiger partial charge in [-0.1, -0.05) is 5.21 Å². The van der Waals surface area contributed by atoms with E-state index in [-0.39, 0.29) is 11.7 Å². The van der Waals surface area contributed by atoms with Crippen molar-refractivity contribution in [1.82, 2.24) is 20.3 Å². The highest BCUT2D eigenvalue weighted by atomic mass is 16.5. The Morgan fingerprint density at radius 2 is 2.33 bits per heavy atom. The summed E-state index contributed by atoms with van der Waals surface area (Å²) < 4.78 is 6.23. The predicted octanol–water partition coefficient (Wildman–Crippen LogP) is -0.482. The summed E-state index contributed by atoms with van der Waals surface area (Å²) in [5, 5.41) is 18.7. The van der Waals surface area contributed by atoms with Crippen LogP contribution in [0.1, 0.15) is 24.3 Å². The van der Waals surface area contributed by atoms with Crippen LogP contribution in [-0.2, 0) is 16.1 Å². The Balaban J connectivity index is 2.32. The molecule has 1 heterocycles. The number of carbonyl (C=O) groups is 2. The molecule has 0 aliphatic rings. The fourth-order valence-corrected chi connectivity index (χ4v) is 1.25. The van der Waals surface area contributed by atoms with Gasteiger partial charge < -0.3 is 15.2 Å². The number of aromatic nitrogens is 3. The topological polar surface area (TPSA) is 106 Å². The van der Waals surface area contributed by atoms with Crippen LogP contribution < -0.4 is 5.32 Å². The van der Waals surface area contributed by atoms with E-state index in [1.165, 1.54) is 10.9 Å². The first-order valence-electron chi connectivity index (χ1n) is 5.58. The third-order valence-electron chi connectivity index (χ3n) is 2.19. The second-order valence-corrected chi connectivity index (χ2v) is 3.60. The average Bonchev–Trinajstić information content (AvgIpc) is 2.78. The van der Waals surface area contributed by atoms with Crippen molar-refractivity contribution in [3.63, 3.8) is 0 Å². The molecule has 100 valence electrons. The molecule has 0 aromatic carbocycles. The molecule has 8 heteroatoms. The summed E-state index contributed by atoms with van der Waals surface area (Å²) in [7, 11) is 0. The van der Waals surface area contributed by atoms with Gasteiger partial charge in [-0.05, 0) is 13.8 Å². The van der Waals surface area contributed by atoms with Gasteiger partial charge in [-0.3, -0.25) is 9.48 Å². The Morgan fingerprint density at radius 3 is 2.89 bits per heavy atom. The molecule has 1 rings (SSSR count). The Kier molecular flexibility index (Phi) is 5.25. The number of hydrogen-bond donors (Lipinski definition) is 2. The molecule has 1 unspecified atom stereocenters. The number of aromatic carboxylic acids is 1. The molecule has 0 fully saturated rings. The van der Waals surface area contributed by atoms with Crippen LogP contribution in [0.3, 0.4) is 0 Å². The number of rotatable bonds is 7. The van der Waals surface area contributed by atoms with Crippen LogP contribution in [0, 0.1) is 0 Å². The number of nitrogens with one attached hydrogen (secondary N) is 1. The van der Waals surface area contributed by atoms with E-state index in [4.69, 9.17) is 9.84 Å². The smallest absolute Gasteiger partial charge is 0.358 e. The molecule has 18 heavy (non-hydrogen) atoms. The SMILES string of the molecule is CCOC(=O)C(C)NCCn1cc(C(=O)O)nn1. The number of carboxylic acid groups (broad SMARTS) is 1. The zero-order valence-electron chi connectivity index (χ0n) is 10.3. The van der Waals surface area contributed by atoms with Crippen molar-refractivity contribution in [2.75, 3.05) is 13.2 Å². The second kappa shape index (κ2) is 6.70. The quantitative estimate of drug-likeness (QED) is 0.634. The number of ether oxygens (including phenoxy) is 1. The minimum Gasteiger partial charge on any atom is -0.476 e. The van der Waals surface area contributed by atoms with Crippen LogP contribution in [-0.4, -0.2) is 51.2 Å². The molecule has 1 aromatic rings. The Hall–Kier alpha value is -1.96. The van der Waals surface area contributed by atoms with E-state index in [0.717, 1.165) is 0 Å². The lowest BCUT2D eigenvalue weighted by Gasteiger charge is -2.11. The van der Waals surface area contributed by atoms with Gasteiger partial charge in [0.05, 0.1) is 19.3 Å². The predicted molar refractivity (Wildman–Crippen MR) is 61.1 cm³/mol. The second-order valence-electron chi connectivity index (χ2n) is 3.60. The van der Waals surface area contributed by atoms with Crippen molar-refractivity contribution in [3.05, 3.63) is 11.9 Å². The summed E-state index contributed by atoms with van der Waals surface area (Å²) in [4.78, 5) is 21.8. The molecule has 0 radical (unpaired) electrons. The zero-order valence-corrected chi connectivity index (χ0v) is 10.3. The lowest BCUT2D eigenvalue weighted by atomic mass is 10.3. The van der Waals surface area contributed by atoms with Gasteiger partial charge in [0.25, 0.3) is 0 Å². The highest BCUT2D eigenvalue weighted by molar-refractivity contribution is 5.84. The zero-order chi connectivity index (χ0) is 13.5. The van der Waals surface area contributed by atoms with Gasteiger partial charge in [-0.25, -0.2) is 4.79 Å². The van der Waals surface area contributed by atoms with Gasteiger partial charge in [0.15, 0.2) is 5.69 Å². The van der Waals surface area contributed by atoms with Crippen LogP contribution in [0.15, 0.2) is 6.20 Å². The third kappa shape index (κ3) is 4.13. The normalized spacial score (nSPS) is 12.1. The van der Waals surface area contributed by atoms with Gasteiger partial charge in [0.2, 0.25) is 0 Å². The minimum absolute atomic E-state index is 0.103. The maximum atomic E-state index is 11.3. The summed E-state index contributed by atoms with van der Waals surface area (Å²) in [5.74, 6) is -1.43. The van der Waals surface area contributed by atoms with E-state index < -0.39 is 12.0 Å². The van der Waals surface area contributed by atoms with E-state index in [1.54, 1.807) is 13.8 Å². The van der Waals surface area contributed by atoms with Crippen LogP contribution in [0.4, 0.5) is 0 Å². The molecule has 0 spiro atoms. The summed E-state index contributed by atoms with van der Waals surface area (Å²) >= 11 is 0. The van der Waals surface area contributed by atoms with E-state index in [1.807, 2.05) is 0 Å². The van der Waals surface area contributed by atoms with Crippen LogP contribution in [0.5, 0.6) is 0 Å². The average molecular weight is 256 g/mol. The summed E-state index contributed by atoms with van der Waals surface area (Å²) in [6.45, 7) is 4.66. The molecule has 0 bridgehead atoms. The molecule has 0 aliphatic carbocycles. The third-order valence-corrected chi connectivity index (χ3v) is 2.19. The van der Waals surface area contributed by atoms with Crippen molar-refractivity contribution in [3.8, 4) is 0 Å². The minimum atomic E-state index is -1.12. The number of hydrogen-bond acceptors (Lipinski definition) is 6. The number of nitrogens with zero attached hydrogens (tertiary/aromatic N) is 3. The fraction of sp³-hybridized carbons (Fsp3) is 0.600. The van der Waals surface area contributed by atoms with Crippen molar-refractivity contribution in [1.29, 1.82) is 0 Å². The fourth-order valence-electron chi connectivity index (χ4n) is 1.25. The van der Waals surface area contributed by atoms with E-state index in [0.29, 0.717) is 19.7 Å². The highest BCUT2D eigenvalue weighted by Crippen LogP contribution is 1.93. The Morgan fingerprint density at radius 1 is 1.61 bits per heavy atom. The first-order valence-corrected chi connectivity index (χ1v) is 5.58. The largest absolute Gasteiger partial charge is 0.476 e. The van der Waals surface area contributed by atoms with Gasteiger partial charge >= 0.3 is 11.9 Å². The first-order chi connectivity index (χ1) is 8.54. The lowest BCUT2D eigenvalue weighted by molar-refractivity contribution is -0.145. The molecule has 1 atom stereocenters. The maximum Gasteiger partial charge on any atom is 0.358 e. The Labute approximate surface area is 104 Å². The van der Waals surface area contributed by atoms with Crippen LogP contribution >= 0.6 is 0 Å². The van der Waals surface area contributed by atoms with Crippen LogP contribution in [0.2, 0.25) is 0 Å². The standard InChI is InChI=1S/C10H16N4O4/c1-3-18-10(17)7(2)11-4-5-14-6-8(9(15)16)12-13-14/h6-7,11H,3-5H2,1-2H3,(H,15,16). The first kappa shape index (κ1) is 14.1. The highest BCUT2D eigenvalue weighted by Gasteiger charge is 2.13. The maximum absolute atomic E-state index is 11.3. The van der Waals surface area contributed by atoms with Crippen molar-refractivity contribution < 1.29 is 19.4 Å². The number of esters is 1. The summed E-state index contributed by atoms with van der Waals surface area (Å²) in [6, 6.07) is -0.410. The Bertz CT molecular complexity index is 418. The molecule has 0 aliphatic heterocycles. The van der Waals surface area contributed by atoms with Crippen molar-refractivity contribution >= 4 is 11.9 Å².